The number of hydrogen-bond donors (Lipinski definition) is 0. The predicted octanol–water partition coefficient (Wildman–Crippen LogP) is 2.98. The van der Waals surface area contributed by atoms with Crippen LogP contribution in [-0.2, 0) is 6.42 Å². The van der Waals surface area contributed by atoms with Crippen LogP contribution in [0.2, 0.25) is 0 Å². The molecule has 0 fully saturated rings. The molecular weight excluding hydrogens is 186 g/mol. The van der Waals surface area contributed by atoms with E-state index in [-0.39, 0.29) is 12.2 Å². The lowest BCUT2D eigenvalue weighted by molar-refractivity contribution is 0.0857. The highest BCUT2D eigenvalue weighted by Gasteiger charge is 2.24. The summed E-state index contributed by atoms with van der Waals surface area (Å²) in [5.41, 5.74) is 1.09. The summed E-state index contributed by atoms with van der Waals surface area (Å²) in [6.45, 7) is 5.66. The Labute approximate surface area is 90.5 Å². The molecule has 15 heavy (non-hydrogen) atoms. The molecule has 0 aliphatic carbocycles. The quantitative estimate of drug-likeness (QED) is 0.690. The van der Waals surface area contributed by atoms with Crippen LogP contribution in [0.1, 0.15) is 36.7 Å². The maximum Gasteiger partial charge on any atom is 0.168 e. The van der Waals surface area contributed by atoms with Gasteiger partial charge in [0.15, 0.2) is 5.78 Å². The fourth-order valence-corrected chi connectivity index (χ4v) is 1.39. The number of carbonyl (C=O) groups is 1. The van der Waals surface area contributed by atoms with Gasteiger partial charge in [0.2, 0.25) is 0 Å². The second-order valence-corrected chi connectivity index (χ2v) is 4.57. The van der Waals surface area contributed by atoms with Crippen LogP contribution in [0.3, 0.4) is 0 Å². The van der Waals surface area contributed by atoms with Crippen LogP contribution in [0.4, 0.5) is 0 Å². The van der Waals surface area contributed by atoms with Gasteiger partial charge in [0.25, 0.3) is 0 Å². The van der Waals surface area contributed by atoms with Gasteiger partial charge in [-0.05, 0) is 5.56 Å². The lowest BCUT2D eigenvalue weighted by Gasteiger charge is -2.18. The summed E-state index contributed by atoms with van der Waals surface area (Å²) in [6.07, 6.45) is 0.290. The maximum atomic E-state index is 12.1. The number of rotatable bonds is 2. The average molecular weight is 201 g/mol. The molecular formula is C13H15NO. The molecule has 0 aliphatic heterocycles. The van der Waals surface area contributed by atoms with Crippen LogP contribution in [0.25, 0.3) is 0 Å². The van der Waals surface area contributed by atoms with E-state index < -0.39 is 5.41 Å². The Morgan fingerprint density at radius 3 is 2.47 bits per heavy atom. The standard InChI is InChI=1S/C13H15NO/c1-13(2,3)12(15)11-7-5-4-6-10(11)8-9-14/h4-7H,8H2,1-3H3. The van der Waals surface area contributed by atoms with Crippen molar-refractivity contribution >= 4 is 5.78 Å². The molecule has 2 heteroatoms. The summed E-state index contributed by atoms with van der Waals surface area (Å²) in [4.78, 5) is 12.1. The highest BCUT2D eigenvalue weighted by atomic mass is 16.1. The van der Waals surface area contributed by atoms with Crippen molar-refractivity contribution in [3.05, 3.63) is 35.4 Å². The van der Waals surface area contributed by atoms with Crippen molar-refractivity contribution in [3.63, 3.8) is 0 Å². The molecule has 0 bridgehead atoms. The minimum Gasteiger partial charge on any atom is -0.294 e. The number of Topliss-reactive ketones (excluding diaryl/α,β-unsaturated/α-hetero) is 1. The maximum absolute atomic E-state index is 12.1. The van der Waals surface area contributed by atoms with Gasteiger partial charge in [-0.1, -0.05) is 45.0 Å². The first-order valence-corrected chi connectivity index (χ1v) is 4.96. The van der Waals surface area contributed by atoms with E-state index in [2.05, 4.69) is 6.07 Å². The molecule has 0 amide bonds. The number of hydrogen-bond acceptors (Lipinski definition) is 2. The summed E-state index contributed by atoms with van der Waals surface area (Å²) >= 11 is 0. The Hall–Kier alpha value is -1.62. The molecule has 0 aromatic heterocycles. The van der Waals surface area contributed by atoms with E-state index in [9.17, 15) is 4.79 Å². The van der Waals surface area contributed by atoms with Gasteiger partial charge in [-0.15, -0.1) is 0 Å². The molecule has 1 aromatic rings. The first-order valence-electron chi connectivity index (χ1n) is 4.96. The Morgan fingerprint density at radius 2 is 1.93 bits per heavy atom. The highest BCUT2D eigenvalue weighted by Crippen LogP contribution is 2.23. The lowest BCUT2D eigenvalue weighted by Crippen LogP contribution is -2.21. The zero-order valence-corrected chi connectivity index (χ0v) is 9.37. The number of nitriles is 1. The largest absolute Gasteiger partial charge is 0.294 e. The number of benzene rings is 1. The molecule has 0 saturated carbocycles. The Kier molecular flexibility index (Phi) is 3.26. The van der Waals surface area contributed by atoms with Gasteiger partial charge in [0.05, 0.1) is 12.5 Å². The van der Waals surface area contributed by atoms with E-state index >= 15 is 0 Å². The SMILES string of the molecule is CC(C)(C)C(=O)c1ccccc1CC#N. The fraction of sp³-hybridized carbons (Fsp3) is 0.385. The summed E-state index contributed by atoms with van der Waals surface area (Å²) in [5.74, 6) is 0.0911. The summed E-state index contributed by atoms with van der Waals surface area (Å²) < 4.78 is 0. The summed E-state index contributed by atoms with van der Waals surface area (Å²) in [7, 11) is 0. The minimum absolute atomic E-state index is 0.0911. The molecule has 0 spiro atoms. The van der Waals surface area contributed by atoms with Crippen molar-refractivity contribution in [1.82, 2.24) is 0 Å². The van der Waals surface area contributed by atoms with Crippen molar-refractivity contribution in [2.75, 3.05) is 0 Å². The van der Waals surface area contributed by atoms with Crippen molar-refractivity contribution in [2.24, 2.45) is 5.41 Å². The van der Waals surface area contributed by atoms with E-state index in [4.69, 9.17) is 5.26 Å². The molecule has 0 unspecified atom stereocenters. The lowest BCUT2D eigenvalue weighted by atomic mass is 9.84. The van der Waals surface area contributed by atoms with E-state index in [0.29, 0.717) is 5.56 Å². The topological polar surface area (TPSA) is 40.9 Å². The fourth-order valence-electron chi connectivity index (χ4n) is 1.39. The first-order chi connectivity index (χ1) is 6.96. The molecule has 2 nitrogen and oxygen atoms in total. The highest BCUT2D eigenvalue weighted by molar-refractivity contribution is 6.01. The van der Waals surface area contributed by atoms with Gasteiger partial charge < -0.3 is 0 Å². The monoisotopic (exact) mass is 201 g/mol. The molecule has 1 aromatic carbocycles. The first kappa shape index (κ1) is 11.5. The molecule has 78 valence electrons. The number of ketones is 1. The van der Waals surface area contributed by atoms with Crippen molar-refractivity contribution in [1.29, 1.82) is 5.26 Å². The third-order valence-corrected chi connectivity index (χ3v) is 2.21. The Bertz CT molecular complexity index is 407. The Balaban J connectivity index is 3.15. The van der Waals surface area contributed by atoms with Crippen molar-refractivity contribution < 1.29 is 4.79 Å². The van der Waals surface area contributed by atoms with E-state index in [1.165, 1.54) is 0 Å². The zero-order chi connectivity index (χ0) is 11.5. The molecule has 0 radical (unpaired) electrons. The van der Waals surface area contributed by atoms with E-state index in [1.54, 1.807) is 6.07 Å². The third kappa shape index (κ3) is 2.66. The van der Waals surface area contributed by atoms with Crippen molar-refractivity contribution in [3.8, 4) is 6.07 Å². The van der Waals surface area contributed by atoms with Crippen LogP contribution >= 0.6 is 0 Å². The molecule has 0 heterocycles. The van der Waals surface area contributed by atoms with Crippen LogP contribution in [0.15, 0.2) is 24.3 Å². The van der Waals surface area contributed by atoms with Crippen molar-refractivity contribution in [2.45, 2.75) is 27.2 Å². The summed E-state index contributed by atoms with van der Waals surface area (Å²) in [6, 6.07) is 9.39. The van der Waals surface area contributed by atoms with Gasteiger partial charge >= 0.3 is 0 Å². The van der Waals surface area contributed by atoms with Crippen LogP contribution in [0, 0.1) is 16.7 Å². The van der Waals surface area contributed by atoms with Gasteiger partial charge in [-0.3, -0.25) is 4.79 Å². The van der Waals surface area contributed by atoms with Gasteiger partial charge in [-0.2, -0.15) is 5.26 Å². The second kappa shape index (κ2) is 4.27. The third-order valence-electron chi connectivity index (χ3n) is 2.21. The Morgan fingerprint density at radius 1 is 1.33 bits per heavy atom. The second-order valence-electron chi connectivity index (χ2n) is 4.57. The minimum atomic E-state index is -0.397. The predicted molar refractivity (Wildman–Crippen MR) is 59.5 cm³/mol. The van der Waals surface area contributed by atoms with Crippen LogP contribution in [-0.4, -0.2) is 5.78 Å². The van der Waals surface area contributed by atoms with Gasteiger partial charge in [0.1, 0.15) is 0 Å². The molecule has 0 aliphatic rings. The summed E-state index contributed by atoms with van der Waals surface area (Å²) in [5, 5.41) is 8.67. The molecule has 0 N–H and O–H groups in total. The van der Waals surface area contributed by atoms with E-state index in [0.717, 1.165) is 5.56 Å². The number of carbonyl (C=O) groups excluding carboxylic acids is 1. The number of nitrogens with zero attached hydrogens (tertiary/aromatic N) is 1. The van der Waals surface area contributed by atoms with E-state index in [1.807, 2.05) is 39.0 Å². The van der Waals surface area contributed by atoms with Crippen LogP contribution < -0.4 is 0 Å². The molecule has 0 saturated heterocycles. The zero-order valence-electron chi connectivity index (χ0n) is 9.37. The normalized spacial score (nSPS) is 10.8. The smallest absolute Gasteiger partial charge is 0.168 e. The van der Waals surface area contributed by atoms with Gasteiger partial charge in [0, 0.05) is 11.0 Å². The van der Waals surface area contributed by atoms with Crippen LogP contribution in [0.5, 0.6) is 0 Å². The van der Waals surface area contributed by atoms with Gasteiger partial charge in [-0.25, -0.2) is 0 Å². The molecule has 1 rings (SSSR count). The molecule has 0 atom stereocenters. The average Bonchev–Trinajstić information content (AvgIpc) is 2.17.